The van der Waals surface area contributed by atoms with Gasteiger partial charge in [-0.1, -0.05) is 6.92 Å². The van der Waals surface area contributed by atoms with Crippen LogP contribution in [-0.4, -0.2) is 25.1 Å². The van der Waals surface area contributed by atoms with E-state index in [4.69, 9.17) is 4.74 Å². The average molecular weight is 224 g/mol. The van der Waals surface area contributed by atoms with Gasteiger partial charge in [-0.2, -0.15) is 0 Å². The predicted octanol–water partition coefficient (Wildman–Crippen LogP) is 1.76. The number of ether oxygens (including phenoxy) is 1. The molecule has 16 heavy (non-hydrogen) atoms. The number of non-ortho nitro benzene ring substituents is 1. The Morgan fingerprint density at radius 2 is 2.25 bits per heavy atom. The Morgan fingerprint density at radius 1 is 1.50 bits per heavy atom. The second-order valence-electron chi connectivity index (χ2n) is 3.36. The Hall–Kier alpha value is -1.62. The largest absolute Gasteiger partial charge is 0.496 e. The van der Waals surface area contributed by atoms with E-state index in [0.29, 0.717) is 5.75 Å². The van der Waals surface area contributed by atoms with Gasteiger partial charge in [0.15, 0.2) is 0 Å². The second kappa shape index (κ2) is 6.07. The zero-order valence-electron chi connectivity index (χ0n) is 9.53. The van der Waals surface area contributed by atoms with Crippen LogP contribution >= 0.6 is 0 Å². The number of hydrogen-bond donors (Lipinski definition) is 1. The molecule has 1 aromatic carbocycles. The molecule has 0 heterocycles. The molecule has 0 unspecified atom stereocenters. The first kappa shape index (κ1) is 12.4. The van der Waals surface area contributed by atoms with E-state index in [1.165, 1.54) is 6.07 Å². The molecule has 0 bridgehead atoms. The number of nitrogens with one attached hydrogen (secondary N) is 1. The van der Waals surface area contributed by atoms with Crippen molar-refractivity contribution in [1.29, 1.82) is 0 Å². The number of methoxy groups -OCH3 is 1. The molecule has 0 aliphatic rings. The summed E-state index contributed by atoms with van der Waals surface area (Å²) in [7, 11) is 1.57. The fourth-order valence-corrected chi connectivity index (χ4v) is 1.47. The van der Waals surface area contributed by atoms with Gasteiger partial charge < -0.3 is 10.1 Å². The Labute approximate surface area is 94.6 Å². The van der Waals surface area contributed by atoms with Crippen LogP contribution in [0.25, 0.3) is 0 Å². The zero-order valence-corrected chi connectivity index (χ0v) is 9.53. The van der Waals surface area contributed by atoms with Crippen LogP contribution in [0.2, 0.25) is 0 Å². The van der Waals surface area contributed by atoms with E-state index in [1.807, 2.05) is 6.92 Å². The number of nitrogens with zero attached hydrogens (tertiary/aromatic N) is 1. The third-order valence-electron chi connectivity index (χ3n) is 2.30. The fraction of sp³-hybridized carbons (Fsp3) is 0.455. The summed E-state index contributed by atoms with van der Waals surface area (Å²) in [5.74, 6) is 0.698. The molecule has 0 saturated heterocycles. The van der Waals surface area contributed by atoms with E-state index in [9.17, 15) is 10.1 Å². The molecule has 5 nitrogen and oxygen atoms in total. The highest BCUT2D eigenvalue weighted by atomic mass is 16.6. The van der Waals surface area contributed by atoms with Crippen LogP contribution in [0, 0.1) is 10.1 Å². The highest BCUT2D eigenvalue weighted by molar-refractivity contribution is 5.43. The number of benzene rings is 1. The van der Waals surface area contributed by atoms with Crippen LogP contribution in [0.4, 0.5) is 5.69 Å². The maximum atomic E-state index is 10.6. The molecule has 0 aromatic heterocycles. The summed E-state index contributed by atoms with van der Waals surface area (Å²) in [4.78, 5) is 10.2. The highest BCUT2D eigenvalue weighted by Crippen LogP contribution is 2.24. The van der Waals surface area contributed by atoms with Gasteiger partial charge in [0.2, 0.25) is 0 Å². The Bertz CT molecular complexity index is 366. The van der Waals surface area contributed by atoms with E-state index in [1.54, 1.807) is 19.2 Å². The lowest BCUT2D eigenvalue weighted by molar-refractivity contribution is -0.384. The van der Waals surface area contributed by atoms with Gasteiger partial charge in [-0.15, -0.1) is 0 Å². The molecule has 0 fully saturated rings. The van der Waals surface area contributed by atoms with Gasteiger partial charge >= 0.3 is 0 Å². The van der Waals surface area contributed by atoms with E-state index >= 15 is 0 Å². The van der Waals surface area contributed by atoms with Crippen LogP contribution in [0.3, 0.4) is 0 Å². The number of hydrogen-bond acceptors (Lipinski definition) is 4. The quantitative estimate of drug-likeness (QED) is 0.454. The number of likely N-dealkylation sites (N-methyl/N-ethyl adjacent to an activating group) is 1. The van der Waals surface area contributed by atoms with Gasteiger partial charge in [-0.25, -0.2) is 0 Å². The summed E-state index contributed by atoms with van der Waals surface area (Å²) in [5, 5.41) is 13.8. The third-order valence-corrected chi connectivity index (χ3v) is 2.30. The lowest BCUT2D eigenvalue weighted by Crippen LogP contribution is -2.16. The number of rotatable bonds is 6. The molecule has 0 spiro atoms. The van der Waals surface area contributed by atoms with Crippen LogP contribution in [0.1, 0.15) is 12.5 Å². The summed E-state index contributed by atoms with van der Waals surface area (Å²) < 4.78 is 5.16. The van der Waals surface area contributed by atoms with Gasteiger partial charge in [-0.3, -0.25) is 10.1 Å². The van der Waals surface area contributed by atoms with Crippen molar-refractivity contribution in [2.45, 2.75) is 13.3 Å². The molecule has 0 amide bonds. The van der Waals surface area contributed by atoms with Crippen molar-refractivity contribution in [3.63, 3.8) is 0 Å². The third kappa shape index (κ3) is 3.20. The fourth-order valence-electron chi connectivity index (χ4n) is 1.47. The molecular formula is C11H16N2O3. The van der Waals surface area contributed by atoms with Crippen molar-refractivity contribution >= 4 is 5.69 Å². The van der Waals surface area contributed by atoms with Gasteiger partial charge in [0, 0.05) is 17.7 Å². The van der Waals surface area contributed by atoms with E-state index in [-0.39, 0.29) is 5.69 Å². The maximum Gasteiger partial charge on any atom is 0.269 e. The molecule has 0 aliphatic heterocycles. The van der Waals surface area contributed by atoms with Crippen LogP contribution < -0.4 is 10.1 Å². The monoisotopic (exact) mass is 224 g/mol. The molecular weight excluding hydrogens is 208 g/mol. The van der Waals surface area contributed by atoms with Gasteiger partial charge in [0.05, 0.1) is 12.0 Å². The minimum Gasteiger partial charge on any atom is -0.496 e. The van der Waals surface area contributed by atoms with E-state index in [2.05, 4.69) is 5.32 Å². The molecule has 0 aliphatic carbocycles. The summed E-state index contributed by atoms with van der Waals surface area (Å²) in [5.41, 5.74) is 0.963. The minimum atomic E-state index is -0.393. The van der Waals surface area contributed by atoms with Crippen LogP contribution in [0.15, 0.2) is 18.2 Å². The Balaban J connectivity index is 2.84. The van der Waals surface area contributed by atoms with E-state index in [0.717, 1.165) is 25.1 Å². The van der Waals surface area contributed by atoms with Gasteiger partial charge in [0.1, 0.15) is 5.75 Å². The maximum absolute atomic E-state index is 10.6. The van der Waals surface area contributed by atoms with Crippen molar-refractivity contribution in [3.05, 3.63) is 33.9 Å². The summed E-state index contributed by atoms with van der Waals surface area (Å²) in [6.07, 6.45) is 0.721. The molecule has 1 N–H and O–H groups in total. The SMILES string of the molecule is CCNCCc1cc([N+](=O)[O-])ccc1OC. The van der Waals surface area contributed by atoms with Crippen molar-refractivity contribution in [1.82, 2.24) is 5.32 Å². The van der Waals surface area contributed by atoms with Crippen molar-refractivity contribution in [2.75, 3.05) is 20.2 Å². The molecule has 1 aromatic rings. The number of nitro groups is 1. The number of nitro benzene ring substituents is 1. The van der Waals surface area contributed by atoms with Gasteiger partial charge in [0.25, 0.3) is 5.69 Å². The second-order valence-corrected chi connectivity index (χ2v) is 3.36. The smallest absolute Gasteiger partial charge is 0.269 e. The highest BCUT2D eigenvalue weighted by Gasteiger charge is 2.10. The zero-order chi connectivity index (χ0) is 12.0. The first-order valence-corrected chi connectivity index (χ1v) is 5.21. The molecule has 1 rings (SSSR count). The molecule has 0 radical (unpaired) electrons. The summed E-state index contributed by atoms with van der Waals surface area (Å²) in [6, 6.07) is 4.66. The van der Waals surface area contributed by atoms with Crippen LogP contribution in [0.5, 0.6) is 5.75 Å². The molecule has 88 valence electrons. The molecule has 5 heteroatoms. The molecule has 0 atom stereocenters. The van der Waals surface area contributed by atoms with Crippen molar-refractivity contribution in [3.8, 4) is 5.75 Å². The summed E-state index contributed by atoms with van der Waals surface area (Å²) >= 11 is 0. The first-order valence-electron chi connectivity index (χ1n) is 5.21. The standard InChI is InChI=1S/C11H16N2O3/c1-3-12-7-6-9-8-10(13(14)15)4-5-11(9)16-2/h4-5,8,12H,3,6-7H2,1-2H3. The normalized spacial score (nSPS) is 10.1. The van der Waals surface area contributed by atoms with Crippen LogP contribution in [-0.2, 0) is 6.42 Å². The first-order chi connectivity index (χ1) is 7.69. The summed E-state index contributed by atoms with van der Waals surface area (Å²) in [6.45, 7) is 3.69. The predicted molar refractivity (Wildman–Crippen MR) is 61.9 cm³/mol. The van der Waals surface area contributed by atoms with E-state index < -0.39 is 4.92 Å². The topological polar surface area (TPSA) is 64.4 Å². The van der Waals surface area contributed by atoms with Gasteiger partial charge in [-0.05, 0) is 25.6 Å². The van der Waals surface area contributed by atoms with Crippen molar-refractivity contribution in [2.24, 2.45) is 0 Å². The lowest BCUT2D eigenvalue weighted by atomic mass is 10.1. The van der Waals surface area contributed by atoms with Crippen molar-refractivity contribution < 1.29 is 9.66 Å². The average Bonchev–Trinajstić information content (AvgIpc) is 2.29. The lowest BCUT2D eigenvalue weighted by Gasteiger charge is -2.08. The Kier molecular flexibility index (Phi) is 4.72. The Morgan fingerprint density at radius 3 is 2.81 bits per heavy atom. The molecule has 0 saturated carbocycles. The minimum absolute atomic E-state index is 0.104.